The number of anilines is 3. The first-order valence-electron chi connectivity index (χ1n) is 16.5. The fraction of sp³-hybridized carbons (Fsp3) is 0.314. The summed E-state index contributed by atoms with van der Waals surface area (Å²) in [7, 11) is 3.80. The number of fused-ring (bicyclic) bond motifs is 4. The summed E-state index contributed by atoms with van der Waals surface area (Å²) in [4.78, 5) is 75.1. The number of halogens is 7. The second-order valence-corrected chi connectivity index (χ2v) is 15.1. The van der Waals surface area contributed by atoms with E-state index in [0.717, 1.165) is 23.1 Å². The first kappa shape index (κ1) is 39.3. The minimum absolute atomic E-state index is 0.0374. The number of carbonyl (C=O) groups excluding carboxylic acids is 4. The van der Waals surface area contributed by atoms with Crippen LogP contribution in [0.4, 0.5) is 50.4 Å². The number of phenolic OH excluding ortho intramolecular Hbond substituents is 1. The maximum absolute atomic E-state index is 15.3. The molecular formula is C35H24Cl2F5N5O10. The molecule has 2 saturated heterocycles. The van der Waals surface area contributed by atoms with Gasteiger partial charge in [-0.15, -0.1) is 23.2 Å². The summed E-state index contributed by atoms with van der Waals surface area (Å²) < 4.78 is 78.8. The fourth-order valence-corrected chi connectivity index (χ4v) is 9.47. The third-order valence-corrected chi connectivity index (χ3v) is 12.3. The van der Waals surface area contributed by atoms with E-state index < -0.39 is 137 Å². The van der Waals surface area contributed by atoms with Crippen molar-refractivity contribution in [1.29, 1.82) is 0 Å². The van der Waals surface area contributed by atoms with E-state index in [1.54, 1.807) is 0 Å². The van der Waals surface area contributed by atoms with Gasteiger partial charge in [0.05, 0.1) is 34.5 Å². The lowest BCUT2D eigenvalue weighted by molar-refractivity contribution is -0.392. The number of nitro groups is 2. The molecule has 3 aromatic rings. The van der Waals surface area contributed by atoms with Crippen molar-refractivity contribution >= 4 is 75.3 Å². The van der Waals surface area contributed by atoms with Crippen LogP contribution >= 0.6 is 23.2 Å². The summed E-state index contributed by atoms with van der Waals surface area (Å²) in [5, 5.41) is 35.0. The van der Waals surface area contributed by atoms with Crippen molar-refractivity contribution in [3.05, 3.63) is 96.9 Å². The second kappa shape index (κ2) is 13.1. The van der Waals surface area contributed by atoms with Gasteiger partial charge in [0.1, 0.15) is 5.69 Å². The van der Waals surface area contributed by atoms with Gasteiger partial charge in [-0.2, -0.15) is 0 Å². The smallest absolute Gasteiger partial charge is 0.301 e. The van der Waals surface area contributed by atoms with Crippen LogP contribution < -0.4 is 19.4 Å². The molecule has 15 nitrogen and oxygen atoms in total. The third-order valence-electron chi connectivity index (χ3n) is 10.9. The van der Waals surface area contributed by atoms with Crippen molar-refractivity contribution < 1.29 is 60.8 Å². The number of benzene rings is 3. The molecule has 3 aromatic carbocycles. The average Bonchev–Trinajstić information content (AvgIpc) is 3.50. The number of ether oxygens (including phenoxy) is 1. The van der Waals surface area contributed by atoms with Gasteiger partial charge in [0.2, 0.25) is 17.6 Å². The lowest BCUT2D eigenvalue weighted by Gasteiger charge is -2.50. The van der Waals surface area contributed by atoms with Crippen LogP contribution in [-0.2, 0) is 19.2 Å². The predicted molar refractivity (Wildman–Crippen MR) is 188 cm³/mol. The Morgan fingerprint density at radius 2 is 1.40 bits per heavy atom. The molecule has 1 N–H and O–H groups in total. The molecule has 0 bridgehead atoms. The zero-order valence-corrected chi connectivity index (χ0v) is 30.7. The number of rotatable bonds is 7. The number of amides is 4. The zero-order chi connectivity index (χ0) is 42.0. The molecule has 4 aliphatic rings. The molecule has 298 valence electrons. The third kappa shape index (κ3) is 5.15. The van der Waals surface area contributed by atoms with Crippen molar-refractivity contribution in [3.8, 4) is 11.5 Å². The first-order chi connectivity index (χ1) is 26.6. The van der Waals surface area contributed by atoms with Gasteiger partial charge in [-0.25, -0.2) is 31.8 Å². The van der Waals surface area contributed by atoms with Crippen LogP contribution in [0.1, 0.15) is 24.3 Å². The topological polar surface area (TPSA) is 194 Å². The van der Waals surface area contributed by atoms with Crippen LogP contribution in [0.5, 0.6) is 11.5 Å². The Labute approximate surface area is 326 Å². The largest absolute Gasteiger partial charge is 0.504 e. The molecule has 7 rings (SSSR count). The summed E-state index contributed by atoms with van der Waals surface area (Å²) in [5.41, 5.74) is -4.70. The van der Waals surface area contributed by atoms with Gasteiger partial charge >= 0.3 is 11.4 Å². The maximum atomic E-state index is 15.3. The molecule has 1 saturated carbocycles. The average molecular weight is 840 g/mol. The summed E-state index contributed by atoms with van der Waals surface area (Å²) in [6, 6.07) is 5.10. The quantitative estimate of drug-likeness (QED) is 0.0445. The molecule has 0 spiro atoms. The Kier molecular flexibility index (Phi) is 9.03. The fourth-order valence-electron chi connectivity index (χ4n) is 8.54. The molecule has 2 aliphatic carbocycles. The van der Waals surface area contributed by atoms with Crippen molar-refractivity contribution in [2.75, 3.05) is 35.9 Å². The number of carbonyl (C=O) groups is 4. The molecule has 2 heterocycles. The van der Waals surface area contributed by atoms with Crippen molar-refractivity contribution in [2.45, 2.75) is 28.5 Å². The molecule has 4 amide bonds. The SMILES string of the molecule is COc1ccc([C@H]2C3=CC[C@@H]4C(=O)N(c5cc([N+](=O)[O-])c(N(C)C)c([N+](=O)[O-])c5)C(=O)[C@@H]4[C@@H]3C[C@@]3(Cl)C(=O)N(c4c(F)c(F)c(F)c(F)c4F)C(=O)[C@@]23Cl)cc1O. The Hall–Kier alpha value is -5.89. The van der Waals surface area contributed by atoms with Gasteiger partial charge in [-0.1, -0.05) is 17.7 Å². The molecule has 6 atom stereocenters. The second-order valence-electron chi connectivity index (χ2n) is 13.9. The minimum atomic E-state index is -2.88. The highest BCUT2D eigenvalue weighted by atomic mass is 35.5. The van der Waals surface area contributed by atoms with Crippen LogP contribution in [0.15, 0.2) is 42.0 Å². The number of hydrogen-bond donors (Lipinski definition) is 1. The van der Waals surface area contributed by atoms with E-state index in [-0.39, 0.29) is 28.2 Å². The Morgan fingerprint density at radius 3 is 1.91 bits per heavy atom. The number of allylic oxidation sites excluding steroid dienone is 2. The number of nitro benzene ring substituents is 2. The molecule has 57 heavy (non-hydrogen) atoms. The van der Waals surface area contributed by atoms with Gasteiger partial charge < -0.3 is 14.7 Å². The monoisotopic (exact) mass is 839 g/mol. The molecule has 22 heteroatoms. The summed E-state index contributed by atoms with van der Waals surface area (Å²) >= 11 is 14.2. The minimum Gasteiger partial charge on any atom is -0.504 e. The number of phenols is 1. The van der Waals surface area contributed by atoms with Gasteiger partial charge in [-0.05, 0) is 36.5 Å². The lowest BCUT2D eigenvalue weighted by Crippen LogP contribution is -2.60. The number of imide groups is 2. The molecule has 2 aliphatic heterocycles. The van der Waals surface area contributed by atoms with E-state index in [1.807, 2.05) is 0 Å². The summed E-state index contributed by atoms with van der Waals surface area (Å²) in [6.07, 6.45) is 0.209. The van der Waals surface area contributed by atoms with Gasteiger partial charge in [0, 0.05) is 32.1 Å². The van der Waals surface area contributed by atoms with Crippen molar-refractivity contribution in [3.63, 3.8) is 0 Å². The van der Waals surface area contributed by atoms with Crippen LogP contribution in [-0.4, -0.2) is 69.5 Å². The standard InChI is InChI=1S/C35H24Cl2F5N5O10/c1-43(2)28-17(46(53)54)9-13(10-18(28)47(55)56)44-30(49)15-6-5-14-16(21(15)31(44)50)11-34(36)32(51)45(29-26(41)24(39)23(38)25(40)27(29)42)33(52)35(34,37)22(14)12-4-7-20(57-3)19(48)8-12/h4-5,7-10,15-16,21-22,48H,6,11H2,1-3H3/t15-,16+,21-,22-,34+,35-/m0/s1. The number of nitrogens with zero attached hydrogens (tertiary/aromatic N) is 5. The number of alkyl halides is 2. The van der Waals surface area contributed by atoms with Crippen molar-refractivity contribution in [2.24, 2.45) is 17.8 Å². The van der Waals surface area contributed by atoms with Gasteiger partial charge in [0.25, 0.3) is 11.8 Å². The Balaban J connectivity index is 1.42. The van der Waals surface area contributed by atoms with Crippen LogP contribution in [0.25, 0.3) is 0 Å². The number of hydrogen-bond acceptors (Lipinski definition) is 11. The summed E-state index contributed by atoms with van der Waals surface area (Å²) in [5.74, 6) is -24.9. The van der Waals surface area contributed by atoms with E-state index in [4.69, 9.17) is 27.9 Å². The van der Waals surface area contributed by atoms with Crippen LogP contribution in [0, 0.1) is 67.1 Å². The van der Waals surface area contributed by atoms with Crippen molar-refractivity contribution in [1.82, 2.24) is 0 Å². The summed E-state index contributed by atoms with van der Waals surface area (Å²) in [6.45, 7) is 0. The maximum Gasteiger partial charge on any atom is 0.301 e. The van der Waals surface area contributed by atoms with Gasteiger partial charge in [0.15, 0.2) is 50.2 Å². The van der Waals surface area contributed by atoms with E-state index in [9.17, 15) is 57.7 Å². The van der Waals surface area contributed by atoms with E-state index >= 15 is 8.78 Å². The highest BCUT2D eigenvalue weighted by Crippen LogP contribution is 2.66. The first-order valence-corrected chi connectivity index (χ1v) is 17.3. The Morgan fingerprint density at radius 1 is 0.842 bits per heavy atom. The highest BCUT2D eigenvalue weighted by Gasteiger charge is 2.77. The van der Waals surface area contributed by atoms with E-state index in [0.29, 0.717) is 4.90 Å². The lowest BCUT2D eigenvalue weighted by atomic mass is 9.56. The van der Waals surface area contributed by atoms with Gasteiger partial charge in [-0.3, -0.25) is 39.4 Å². The molecule has 0 radical (unpaired) electrons. The Bertz CT molecular complexity index is 2390. The molecule has 0 aromatic heterocycles. The van der Waals surface area contributed by atoms with Crippen LogP contribution in [0.2, 0.25) is 0 Å². The van der Waals surface area contributed by atoms with E-state index in [1.165, 1.54) is 39.4 Å². The molecule has 0 unspecified atom stereocenters. The number of methoxy groups -OCH3 is 1. The van der Waals surface area contributed by atoms with Crippen LogP contribution in [0.3, 0.4) is 0 Å². The van der Waals surface area contributed by atoms with E-state index in [2.05, 4.69) is 0 Å². The molecular weight excluding hydrogens is 816 g/mol. The predicted octanol–water partition coefficient (Wildman–Crippen LogP) is 5.75. The molecule has 3 fully saturated rings. The normalized spacial score (nSPS) is 26.6. The number of aromatic hydroxyl groups is 1. The zero-order valence-electron chi connectivity index (χ0n) is 29.2. The highest BCUT2D eigenvalue weighted by molar-refractivity contribution is 6.58.